The maximum Gasteiger partial charge on any atom is -0.00817 e. The molecule has 0 heterocycles. The lowest BCUT2D eigenvalue weighted by Gasteiger charge is -2.58. The van der Waals surface area contributed by atoms with Gasteiger partial charge in [-0.05, 0) is 203 Å². The first-order valence-electron chi connectivity index (χ1n) is 20.9. The molecule has 0 bridgehead atoms. The molecule has 0 spiro atoms. The summed E-state index contributed by atoms with van der Waals surface area (Å²) in [4.78, 5) is 0. The van der Waals surface area contributed by atoms with Crippen LogP contribution in [0, 0.1) is 41.4 Å². The van der Waals surface area contributed by atoms with Crippen molar-refractivity contribution in [1.82, 2.24) is 0 Å². The first-order valence-corrected chi connectivity index (χ1v) is 20.9. The molecule has 240 valence electrons. The molecular weight excluding hydrogens is 553 g/mol. The quantitative estimate of drug-likeness (QED) is 0.223. The fourth-order valence-electron chi connectivity index (χ4n) is 16.0. The van der Waals surface area contributed by atoms with E-state index in [9.17, 15) is 0 Å². The Hall–Kier alpha value is -1.82. The summed E-state index contributed by atoms with van der Waals surface area (Å²) in [6, 6.07) is 8.42. The molecule has 5 saturated carbocycles. The maximum atomic E-state index is 2.95. The van der Waals surface area contributed by atoms with Crippen molar-refractivity contribution in [3.05, 3.63) is 57.1 Å². The highest BCUT2D eigenvalue weighted by atomic mass is 14.6. The lowest BCUT2D eigenvalue weighted by atomic mass is 9.46. The lowest BCUT2D eigenvalue weighted by molar-refractivity contribution is 0.0123. The Bertz CT molecular complexity index is 1770. The van der Waals surface area contributed by atoms with Crippen LogP contribution in [0.5, 0.6) is 0 Å². The molecule has 12 rings (SSSR count). The van der Waals surface area contributed by atoms with Gasteiger partial charge in [0, 0.05) is 0 Å². The summed E-state index contributed by atoms with van der Waals surface area (Å²) in [6.07, 6.45) is 31.2. The van der Waals surface area contributed by atoms with Gasteiger partial charge in [-0.15, -0.1) is 0 Å². The molecular formula is C46H56. The number of aryl methyl sites for hydroxylation is 1. The molecule has 11 atom stereocenters. The molecule has 3 aromatic rings. The third-order valence-electron chi connectivity index (χ3n) is 17.3. The molecule has 0 nitrogen and oxygen atoms in total. The van der Waals surface area contributed by atoms with E-state index in [4.69, 9.17) is 0 Å². The molecule has 0 N–H and O–H groups in total. The van der Waals surface area contributed by atoms with E-state index in [0.717, 1.165) is 65.1 Å². The van der Waals surface area contributed by atoms with Gasteiger partial charge in [-0.1, -0.05) is 76.0 Å². The number of rotatable bonds is 0. The zero-order valence-electron chi connectivity index (χ0n) is 28.4. The van der Waals surface area contributed by atoms with Crippen LogP contribution in [0.3, 0.4) is 0 Å². The monoisotopic (exact) mass is 608 g/mol. The zero-order valence-corrected chi connectivity index (χ0v) is 28.4. The molecule has 46 heavy (non-hydrogen) atoms. The van der Waals surface area contributed by atoms with Crippen LogP contribution < -0.4 is 0 Å². The van der Waals surface area contributed by atoms with E-state index in [-0.39, 0.29) is 0 Å². The van der Waals surface area contributed by atoms with Crippen LogP contribution in [0.4, 0.5) is 0 Å². The second-order valence-corrected chi connectivity index (χ2v) is 18.8. The van der Waals surface area contributed by atoms with Crippen LogP contribution in [0.2, 0.25) is 0 Å². The summed E-state index contributed by atoms with van der Waals surface area (Å²) in [5, 5.41) is 7.43. The molecule has 0 radical (unpaired) electrons. The smallest absolute Gasteiger partial charge is 0.00817 e. The second-order valence-electron chi connectivity index (χ2n) is 18.8. The average Bonchev–Trinajstić information content (AvgIpc) is 3.11. The predicted octanol–water partition coefficient (Wildman–Crippen LogP) is 12.4. The SMILES string of the molecule is c1cc2c3c4c(c5c(cc4c4c2c2c1CCC[C@@H]2[C@@H]1CCCC[C@H]41)C[C@@H]1CCCC[C@@H]1C5)[C@@H]1CCC[C@@H]2C[C@@H]4CCCC[C@@H]4[C@H]3C21. The molecule has 0 aromatic heterocycles. The van der Waals surface area contributed by atoms with E-state index in [1.54, 1.807) is 12.0 Å². The van der Waals surface area contributed by atoms with Crippen LogP contribution in [0.1, 0.15) is 178 Å². The summed E-state index contributed by atoms with van der Waals surface area (Å²) in [5.74, 6) is 10.1. The van der Waals surface area contributed by atoms with E-state index >= 15 is 0 Å². The van der Waals surface area contributed by atoms with Crippen molar-refractivity contribution in [3.8, 4) is 0 Å². The minimum Gasteiger partial charge on any atom is -0.0581 e. The van der Waals surface area contributed by atoms with Gasteiger partial charge < -0.3 is 0 Å². The van der Waals surface area contributed by atoms with Crippen LogP contribution in [-0.2, 0) is 19.3 Å². The van der Waals surface area contributed by atoms with E-state index in [1.165, 1.54) is 128 Å². The van der Waals surface area contributed by atoms with Gasteiger partial charge in [0.25, 0.3) is 0 Å². The Balaban J connectivity index is 1.24. The van der Waals surface area contributed by atoms with Gasteiger partial charge in [0.1, 0.15) is 0 Å². The third kappa shape index (κ3) is 3.44. The summed E-state index contributed by atoms with van der Waals surface area (Å²) in [6.45, 7) is 0. The highest BCUT2D eigenvalue weighted by Gasteiger charge is 2.55. The van der Waals surface area contributed by atoms with Gasteiger partial charge in [0.05, 0.1) is 0 Å². The van der Waals surface area contributed by atoms with Gasteiger partial charge in [0.2, 0.25) is 0 Å². The topological polar surface area (TPSA) is 0 Å². The molecule has 9 aliphatic rings. The van der Waals surface area contributed by atoms with Crippen molar-refractivity contribution in [2.45, 2.75) is 159 Å². The summed E-state index contributed by atoms with van der Waals surface area (Å²) in [5.41, 5.74) is 13.4. The largest absolute Gasteiger partial charge is 0.0581 e. The van der Waals surface area contributed by atoms with Gasteiger partial charge in [-0.25, -0.2) is 0 Å². The molecule has 9 aliphatic carbocycles. The Kier molecular flexibility index (Phi) is 5.81. The average molecular weight is 609 g/mol. The minimum atomic E-state index is 0.818. The first kappa shape index (κ1) is 27.1. The molecule has 3 aromatic carbocycles. The van der Waals surface area contributed by atoms with Crippen molar-refractivity contribution in [3.63, 3.8) is 0 Å². The third-order valence-corrected chi connectivity index (χ3v) is 17.3. The van der Waals surface area contributed by atoms with Crippen molar-refractivity contribution in [1.29, 1.82) is 0 Å². The summed E-state index contributed by atoms with van der Waals surface area (Å²) >= 11 is 0. The fraction of sp³-hybridized carbons (Fsp3) is 0.696. The Morgan fingerprint density at radius 2 is 1.15 bits per heavy atom. The molecule has 0 aliphatic heterocycles. The van der Waals surface area contributed by atoms with Crippen molar-refractivity contribution >= 4 is 21.5 Å². The van der Waals surface area contributed by atoms with Crippen LogP contribution in [-0.4, -0.2) is 0 Å². The molecule has 0 saturated heterocycles. The molecule has 0 heteroatoms. The maximum absolute atomic E-state index is 2.95. The summed E-state index contributed by atoms with van der Waals surface area (Å²) < 4.78 is 0. The van der Waals surface area contributed by atoms with E-state index in [2.05, 4.69) is 18.2 Å². The number of hydrogen-bond donors (Lipinski definition) is 0. The molecule has 5 fully saturated rings. The normalized spacial score (nSPS) is 41.6. The van der Waals surface area contributed by atoms with Crippen LogP contribution in [0.15, 0.2) is 18.2 Å². The number of hydrogen-bond acceptors (Lipinski definition) is 0. The highest BCUT2D eigenvalue weighted by molar-refractivity contribution is 6.11. The van der Waals surface area contributed by atoms with E-state index < -0.39 is 0 Å². The van der Waals surface area contributed by atoms with Crippen molar-refractivity contribution < 1.29 is 0 Å². The molecule has 0 amide bonds. The number of benzene rings is 3. The standard InChI is InChI=1S/C46H56/c1-2-10-27-23-37-30(21-26(27)9-1)24-38-41-34-16-6-5-15-32(34)33-17-7-12-25-19-20-36(44(41)39(25)33)45-43-31-14-4-3-11-28(31)22-29-13-8-18-35(40(29)43)42(37)46(38)45/h19-20,24,26-29,31-35,40,43H,1-18,21-23H2/t26-,27+,28-,29+,31-,32-,33+,34-,35+,40?,43-/m0/s1. The first-order chi connectivity index (χ1) is 22.8. The lowest BCUT2D eigenvalue weighted by Crippen LogP contribution is -2.47. The number of fused-ring (bicyclic) bond motifs is 12. The van der Waals surface area contributed by atoms with Crippen LogP contribution >= 0.6 is 0 Å². The minimum absolute atomic E-state index is 0.818. The fourth-order valence-corrected chi connectivity index (χ4v) is 16.0. The van der Waals surface area contributed by atoms with Crippen LogP contribution in [0.25, 0.3) is 21.5 Å². The summed E-state index contributed by atoms with van der Waals surface area (Å²) in [7, 11) is 0. The Labute approximate surface area is 277 Å². The van der Waals surface area contributed by atoms with Crippen molar-refractivity contribution in [2.75, 3.05) is 0 Å². The van der Waals surface area contributed by atoms with E-state index in [1.807, 2.05) is 54.9 Å². The second kappa shape index (κ2) is 9.88. The van der Waals surface area contributed by atoms with E-state index in [0.29, 0.717) is 0 Å². The van der Waals surface area contributed by atoms with Crippen molar-refractivity contribution in [2.24, 2.45) is 41.4 Å². The van der Waals surface area contributed by atoms with Gasteiger partial charge in [-0.3, -0.25) is 0 Å². The van der Waals surface area contributed by atoms with Gasteiger partial charge in [-0.2, -0.15) is 0 Å². The Morgan fingerprint density at radius 3 is 2.07 bits per heavy atom. The van der Waals surface area contributed by atoms with Gasteiger partial charge in [0.15, 0.2) is 0 Å². The molecule has 1 unspecified atom stereocenters. The zero-order chi connectivity index (χ0) is 29.7. The highest BCUT2D eigenvalue weighted by Crippen LogP contribution is 2.68. The Morgan fingerprint density at radius 1 is 0.457 bits per heavy atom. The predicted molar refractivity (Wildman–Crippen MR) is 191 cm³/mol. The van der Waals surface area contributed by atoms with Gasteiger partial charge >= 0.3 is 0 Å².